The lowest BCUT2D eigenvalue weighted by atomic mass is 10.2. The van der Waals surface area contributed by atoms with Crippen molar-refractivity contribution in [3.63, 3.8) is 0 Å². The highest BCUT2D eigenvalue weighted by atomic mass is 32.2. The average molecular weight is 482 g/mol. The lowest BCUT2D eigenvalue weighted by molar-refractivity contribution is -0.116. The van der Waals surface area contributed by atoms with Crippen molar-refractivity contribution in [1.82, 2.24) is 9.55 Å². The maximum Gasteiger partial charge on any atom is 0.266 e. The van der Waals surface area contributed by atoms with E-state index in [-0.39, 0.29) is 22.5 Å². The molecule has 0 bridgehead atoms. The van der Waals surface area contributed by atoms with Gasteiger partial charge >= 0.3 is 0 Å². The molecule has 1 amide bonds. The van der Waals surface area contributed by atoms with E-state index < -0.39 is 17.2 Å². The summed E-state index contributed by atoms with van der Waals surface area (Å²) in [6, 6.07) is 17.4. The number of para-hydroxylation sites is 2. The minimum absolute atomic E-state index is 0.00654. The first-order valence-corrected chi connectivity index (χ1v) is 12.1. The molecule has 1 aliphatic heterocycles. The second-order valence-corrected chi connectivity index (χ2v) is 9.38. The van der Waals surface area contributed by atoms with Crippen LogP contribution in [0.2, 0.25) is 0 Å². The molecule has 5 nitrogen and oxygen atoms in total. The van der Waals surface area contributed by atoms with Crippen molar-refractivity contribution in [3.05, 3.63) is 88.7 Å². The van der Waals surface area contributed by atoms with Crippen molar-refractivity contribution in [1.29, 1.82) is 0 Å². The SMILES string of the molecule is O=C(CSc1nc2ccccc2c(=O)n1-c1ccc(F)cc1F)N1CCSc2ccccc21. The van der Waals surface area contributed by atoms with Gasteiger partial charge in [0.25, 0.3) is 5.56 Å². The van der Waals surface area contributed by atoms with Crippen molar-refractivity contribution in [3.8, 4) is 5.69 Å². The van der Waals surface area contributed by atoms with Gasteiger partial charge in [0.1, 0.15) is 11.6 Å². The molecule has 9 heteroatoms. The number of carbonyl (C=O) groups is 1. The number of thioether (sulfide) groups is 2. The third-order valence-electron chi connectivity index (χ3n) is 5.25. The second-order valence-electron chi connectivity index (χ2n) is 7.30. The van der Waals surface area contributed by atoms with Crippen LogP contribution in [-0.2, 0) is 4.79 Å². The summed E-state index contributed by atoms with van der Waals surface area (Å²) in [5, 5.41) is 0.469. The molecular weight excluding hydrogens is 464 g/mol. The van der Waals surface area contributed by atoms with Gasteiger partial charge in [-0.25, -0.2) is 13.8 Å². The largest absolute Gasteiger partial charge is 0.310 e. The molecule has 0 spiro atoms. The highest BCUT2D eigenvalue weighted by molar-refractivity contribution is 8.00. The van der Waals surface area contributed by atoms with Crippen molar-refractivity contribution in [2.24, 2.45) is 0 Å². The van der Waals surface area contributed by atoms with Crippen molar-refractivity contribution in [2.45, 2.75) is 10.1 Å². The first-order valence-electron chi connectivity index (χ1n) is 10.1. The number of fused-ring (bicyclic) bond motifs is 2. The third kappa shape index (κ3) is 4.14. The van der Waals surface area contributed by atoms with Crippen LogP contribution in [0, 0.1) is 11.6 Å². The van der Waals surface area contributed by atoms with E-state index in [0.717, 1.165) is 44.8 Å². The summed E-state index contributed by atoms with van der Waals surface area (Å²) in [7, 11) is 0. The van der Waals surface area contributed by atoms with E-state index in [4.69, 9.17) is 0 Å². The summed E-state index contributed by atoms with van der Waals surface area (Å²) in [5.41, 5.74) is 0.693. The summed E-state index contributed by atoms with van der Waals surface area (Å²) < 4.78 is 29.2. The molecule has 0 unspecified atom stereocenters. The Morgan fingerprint density at radius 1 is 1.03 bits per heavy atom. The van der Waals surface area contributed by atoms with E-state index in [0.29, 0.717) is 17.4 Å². The Balaban J connectivity index is 1.53. The fraction of sp³-hybridized carbons (Fsp3) is 0.125. The van der Waals surface area contributed by atoms with Gasteiger partial charge in [0, 0.05) is 23.3 Å². The van der Waals surface area contributed by atoms with Crippen molar-refractivity contribution in [2.75, 3.05) is 23.0 Å². The summed E-state index contributed by atoms with van der Waals surface area (Å²) in [5.74, 6) is -0.977. The molecule has 166 valence electrons. The van der Waals surface area contributed by atoms with E-state index in [1.54, 1.807) is 40.9 Å². The van der Waals surface area contributed by atoms with E-state index in [2.05, 4.69) is 4.98 Å². The van der Waals surface area contributed by atoms with Crippen LogP contribution in [0.25, 0.3) is 16.6 Å². The van der Waals surface area contributed by atoms with Crippen LogP contribution in [0.5, 0.6) is 0 Å². The van der Waals surface area contributed by atoms with Gasteiger partial charge in [-0.1, -0.05) is 36.0 Å². The molecule has 2 heterocycles. The van der Waals surface area contributed by atoms with Crippen LogP contribution in [0.15, 0.2) is 81.6 Å². The number of hydrogen-bond acceptors (Lipinski definition) is 5. The molecule has 0 atom stereocenters. The second kappa shape index (κ2) is 8.99. The zero-order chi connectivity index (χ0) is 22.9. The number of aromatic nitrogens is 2. The smallest absolute Gasteiger partial charge is 0.266 e. The molecular formula is C24H17F2N3O2S2. The number of amides is 1. The maximum absolute atomic E-state index is 14.6. The number of hydrogen-bond donors (Lipinski definition) is 0. The maximum atomic E-state index is 14.6. The van der Waals surface area contributed by atoms with Crippen LogP contribution < -0.4 is 10.5 Å². The molecule has 4 aromatic rings. The minimum atomic E-state index is -0.885. The van der Waals surface area contributed by atoms with Gasteiger partial charge in [0.05, 0.1) is 28.0 Å². The molecule has 0 aliphatic carbocycles. The summed E-state index contributed by atoms with van der Waals surface area (Å²) in [4.78, 5) is 33.6. The number of benzene rings is 3. The van der Waals surface area contributed by atoms with Crippen molar-refractivity contribution >= 4 is 46.0 Å². The molecule has 0 radical (unpaired) electrons. The van der Waals surface area contributed by atoms with Gasteiger partial charge in [0.2, 0.25) is 5.91 Å². The van der Waals surface area contributed by atoms with Gasteiger partial charge in [-0.3, -0.25) is 14.2 Å². The first-order chi connectivity index (χ1) is 16.0. The zero-order valence-corrected chi connectivity index (χ0v) is 18.8. The van der Waals surface area contributed by atoms with Gasteiger partial charge in [-0.15, -0.1) is 11.8 Å². The van der Waals surface area contributed by atoms with E-state index in [9.17, 15) is 18.4 Å². The van der Waals surface area contributed by atoms with Gasteiger partial charge in [0.15, 0.2) is 5.16 Å². The fourth-order valence-corrected chi connectivity index (χ4v) is 5.59. The quantitative estimate of drug-likeness (QED) is 0.307. The predicted octanol–water partition coefficient (Wildman–Crippen LogP) is 4.89. The first kappa shape index (κ1) is 21.7. The van der Waals surface area contributed by atoms with Crippen LogP contribution in [0.4, 0.5) is 14.5 Å². The summed E-state index contributed by atoms with van der Waals surface area (Å²) in [6.07, 6.45) is 0. The standard InChI is InChI=1S/C24H17F2N3O2S2/c25-15-9-10-19(17(26)13-15)29-23(31)16-5-1-2-6-18(16)27-24(29)33-14-22(30)28-11-12-32-21-8-4-3-7-20(21)28/h1-10,13H,11-12,14H2. The molecule has 0 saturated carbocycles. The number of halogens is 2. The molecule has 0 fully saturated rings. The number of nitrogens with zero attached hydrogens (tertiary/aromatic N) is 3. The lowest BCUT2D eigenvalue weighted by Gasteiger charge is -2.29. The lowest BCUT2D eigenvalue weighted by Crippen LogP contribution is -2.36. The zero-order valence-electron chi connectivity index (χ0n) is 17.2. The van der Waals surface area contributed by atoms with E-state index in [1.807, 2.05) is 24.3 Å². The Morgan fingerprint density at radius 2 is 1.82 bits per heavy atom. The Kier molecular flexibility index (Phi) is 5.90. The number of anilines is 1. The third-order valence-corrected chi connectivity index (χ3v) is 7.22. The topological polar surface area (TPSA) is 55.2 Å². The molecule has 33 heavy (non-hydrogen) atoms. The van der Waals surface area contributed by atoms with Crippen LogP contribution in [0.3, 0.4) is 0 Å². The molecule has 5 rings (SSSR count). The van der Waals surface area contributed by atoms with E-state index >= 15 is 0 Å². The van der Waals surface area contributed by atoms with Crippen LogP contribution in [0.1, 0.15) is 0 Å². The Labute approximate surface area is 196 Å². The van der Waals surface area contributed by atoms with Gasteiger partial charge in [-0.05, 0) is 36.4 Å². The minimum Gasteiger partial charge on any atom is -0.310 e. The normalized spacial score (nSPS) is 13.2. The molecule has 0 saturated heterocycles. The monoisotopic (exact) mass is 481 g/mol. The molecule has 3 aromatic carbocycles. The number of carbonyl (C=O) groups excluding carboxylic acids is 1. The molecule has 0 N–H and O–H groups in total. The molecule has 1 aliphatic rings. The molecule has 1 aromatic heterocycles. The summed E-state index contributed by atoms with van der Waals surface area (Å²) >= 11 is 2.75. The Bertz CT molecular complexity index is 1440. The Hall–Kier alpha value is -3.17. The fourth-order valence-electron chi connectivity index (χ4n) is 3.72. The van der Waals surface area contributed by atoms with Crippen molar-refractivity contribution < 1.29 is 13.6 Å². The van der Waals surface area contributed by atoms with Crippen LogP contribution >= 0.6 is 23.5 Å². The van der Waals surface area contributed by atoms with Gasteiger partial charge in [-0.2, -0.15) is 0 Å². The number of rotatable bonds is 4. The Morgan fingerprint density at radius 3 is 2.67 bits per heavy atom. The van der Waals surface area contributed by atoms with E-state index in [1.165, 1.54) is 6.07 Å². The summed E-state index contributed by atoms with van der Waals surface area (Å²) in [6.45, 7) is 0.575. The van der Waals surface area contributed by atoms with Crippen LogP contribution in [-0.4, -0.2) is 33.5 Å². The van der Waals surface area contributed by atoms with Gasteiger partial charge < -0.3 is 4.90 Å². The predicted molar refractivity (Wildman–Crippen MR) is 127 cm³/mol. The highest BCUT2D eigenvalue weighted by Gasteiger charge is 2.24. The average Bonchev–Trinajstić information content (AvgIpc) is 2.83. The highest BCUT2D eigenvalue weighted by Crippen LogP contribution is 2.35.